The number of ether oxygens (including phenoxy) is 1. The molecule has 2 rings (SSSR count). The first-order valence-corrected chi connectivity index (χ1v) is 15.2. The van der Waals surface area contributed by atoms with Crippen molar-refractivity contribution in [2.45, 2.75) is 127 Å². The number of piperazine rings is 1. The zero-order valence-electron chi connectivity index (χ0n) is 28.2. The van der Waals surface area contributed by atoms with Crippen LogP contribution in [-0.2, 0) is 21.5 Å². The average Bonchev–Trinajstić information content (AvgIpc) is 3.30. The number of likely N-dealkylation sites (N-methyl/N-ethyl adjacent to an activating group) is 1. The molecule has 0 radical (unpaired) electrons. The summed E-state index contributed by atoms with van der Waals surface area (Å²) in [4.78, 5) is 15.9. The van der Waals surface area contributed by atoms with Crippen molar-refractivity contribution in [3.63, 3.8) is 0 Å². The zero-order chi connectivity index (χ0) is 30.9. The van der Waals surface area contributed by atoms with Gasteiger partial charge in [0.15, 0.2) is 0 Å². The van der Waals surface area contributed by atoms with Crippen LogP contribution in [0.5, 0.6) is 0 Å². The first-order valence-electron chi connectivity index (χ1n) is 15.2. The van der Waals surface area contributed by atoms with Crippen molar-refractivity contribution in [2.24, 2.45) is 11.3 Å². The molecule has 0 spiro atoms. The van der Waals surface area contributed by atoms with Crippen LogP contribution in [0.2, 0.25) is 0 Å². The second-order valence-electron chi connectivity index (χ2n) is 12.8. The van der Waals surface area contributed by atoms with Crippen molar-refractivity contribution < 1.29 is 14.6 Å². The molecule has 0 bridgehead atoms. The monoisotopic (exact) mass is 556 g/mol. The molecule has 1 aromatic rings. The van der Waals surface area contributed by atoms with E-state index < -0.39 is 0 Å². The molecule has 1 amide bonds. The van der Waals surface area contributed by atoms with Crippen LogP contribution >= 0.6 is 0 Å². The number of amides is 1. The molecule has 0 saturated carbocycles. The van der Waals surface area contributed by atoms with E-state index in [1.54, 1.807) is 0 Å². The Morgan fingerprint density at radius 2 is 1.51 bits per heavy atom. The summed E-state index contributed by atoms with van der Waals surface area (Å²) < 4.78 is 7.87. The lowest BCUT2D eigenvalue weighted by Crippen LogP contribution is -2.47. The van der Waals surface area contributed by atoms with E-state index in [2.05, 4.69) is 70.7 Å². The van der Waals surface area contributed by atoms with Crippen molar-refractivity contribution in [3.05, 3.63) is 11.9 Å². The van der Waals surface area contributed by atoms with Crippen molar-refractivity contribution in [2.75, 3.05) is 46.4 Å². The van der Waals surface area contributed by atoms with E-state index in [4.69, 9.17) is 9.84 Å². The zero-order valence-corrected chi connectivity index (χ0v) is 28.2. The molecule has 8 nitrogen and oxygen atoms in total. The summed E-state index contributed by atoms with van der Waals surface area (Å²) in [6, 6.07) is 0. The highest BCUT2D eigenvalue weighted by atomic mass is 16.5. The summed E-state index contributed by atoms with van der Waals surface area (Å²) in [6.45, 7) is 31.9. The minimum absolute atomic E-state index is 0.142. The highest BCUT2D eigenvalue weighted by Gasteiger charge is 2.25. The quantitative estimate of drug-likeness (QED) is 0.380. The maximum Gasteiger partial charge on any atom is 0.222 e. The van der Waals surface area contributed by atoms with Crippen LogP contribution < -0.4 is 0 Å². The molecule has 8 heteroatoms. The molecule has 0 unspecified atom stereocenters. The number of hydrogen-bond acceptors (Lipinski definition) is 6. The third-order valence-electron chi connectivity index (χ3n) is 6.28. The standard InChI is InChI=1S/C17H33N3O2.C10H20N2O.2C2H6/c1-15(2,3)9-11-22-17(6,7)12-14-13-20(19-18-14)16(4,5)8-10-21;1-9(2)8-10(13)12-6-4-11(3)5-7-12;2*1-2/h13,21H,8-12H2,1-7H3;9H,4-8H2,1-3H3;2*1-2H3. The summed E-state index contributed by atoms with van der Waals surface area (Å²) in [5, 5.41) is 17.6. The average molecular weight is 556 g/mol. The molecule has 1 N–H and O–H groups in total. The van der Waals surface area contributed by atoms with E-state index in [9.17, 15) is 4.79 Å². The minimum atomic E-state index is -0.257. The second-order valence-corrected chi connectivity index (χ2v) is 12.8. The van der Waals surface area contributed by atoms with Gasteiger partial charge >= 0.3 is 0 Å². The van der Waals surface area contributed by atoms with E-state index in [0.29, 0.717) is 24.7 Å². The van der Waals surface area contributed by atoms with Gasteiger partial charge in [0.05, 0.1) is 16.8 Å². The SMILES string of the molecule is CC.CC.CC(C)(C)CCOC(C)(C)Cc1cn(C(C)(C)CCO)nn1.CC(C)CC(=O)N1CCN(C)CC1. The van der Waals surface area contributed by atoms with Gasteiger partial charge in [0, 0.05) is 58.4 Å². The smallest absolute Gasteiger partial charge is 0.222 e. The van der Waals surface area contributed by atoms with Crippen LogP contribution in [0, 0.1) is 11.3 Å². The summed E-state index contributed by atoms with van der Waals surface area (Å²) in [7, 11) is 2.10. The molecule has 1 saturated heterocycles. The Labute approximate surface area is 241 Å². The molecule has 232 valence electrons. The molecule has 0 aliphatic carbocycles. The fourth-order valence-electron chi connectivity index (χ4n) is 3.72. The summed E-state index contributed by atoms with van der Waals surface area (Å²) in [6.07, 6.45) is 5.08. The van der Waals surface area contributed by atoms with Gasteiger partial charge in [0.2, 0.25) is 5.91 Å². The summed E-state index contributed by atoms with van der Waals surface area (Å²) in [5.41, 5.74) is 0.727. The van der Waals surface area contributed by atoms with Crippen molar-refractivity contribution in [3.8, 4) is 0 Å². The number of aliphatic hydroxyl groups is 1. The van der Waals surface area contributed by atoms with E-state index in [0.717, 1.165) is 51.3 Å². The van der Waals surface area contributed by atoms with Gasteiger partial charge in [-0.05, 0) is 58.9 Å². The molecule has 39 heavy (non-hydrogen) atoms. The van der Waals surface area contributed by atoms with Gasteiger partial charge in [-0.3, -0.25) is 4.79 Å². The Morgan fingerprint density at radius 1 is 0.974 bits per heavy atom. The molecule has 0 aromatic carbocycles. The van der Waals surface area contributed by atoms with Gasteiger partial charge in [-0.15, -0.1) is 5.10 Å². The van der Waals surface area contributed by atoms with E-state index in [-0.39, 0.29) is 23.2 Å². The number of rotatable bonds is 10. The number of carbonyl (C=O) groups is 1. The van der Waals surface area contributed by atoms with E-state index in [1.165, 1.54) is 0 Å². The van der Waals surface area contributed by atoms with Gasteiger partial charge in [-0.1, -0.05) is 67.5 Å². The molecule has 1 aliphatic rings. The Kier molecular flexibility index (Phi) is 19.9. The number of hydrogen-bond donors (Lipinski definition) is 1. The molecule has 1 aliphatic heterocycles. The second kappa shape index (κ2) is 19.5. The van der Waals surface area contributed by atoms with Crippen LogP contribution in [0.1, 0.15) is 115 Å². The molecular formula is C31H65N5O3. The van der Waals surface area contributed by atoms with Gasteiger partial charge in [-0.25, -0.2) is 4.68 Å². The molecule has 1 aromatic heterocycles. The maximum absolute atomic E-state index is 11.6. The summed E-state index contributed by atoms with van der Waals surface area (Å²) in [5.74, 6) is 0.801. The van der Waals surface area contributed by atoms with Crippen LogP contribution in [-0.4, -0.2) is 87.8 Å². The number of aliphatic hydroxyl groups excluding tert-OH is 1. The van der Waals surface area contributed by atoms with Crippen LogP contribution in [0.4, 0.5) is 0 Å². The largest absolute Gasteiger partial charge is 0.396 e. The lowest BCUT2D eigenvalue weighted by Gasteiger charge is -2.32. The predicted molar refractivity (Wildman–Crippen MR) is 165 cm³/mol. The molecule has 1 fully saturated rings. The minimum Gasteiger partial charge on any atom is -0.396 e. The van der Waals surface area contributed by atoms with Crippen molar-refractivity contribution >= 4 is 5.91 Å². The van der Waals surface area contributed by atoms with E-state index in [1.807, 2.05) is 57.3 Å². The Balaban J connectivity index is 0. The maximum atomic E-state index is 11.6. The third-order valence-corrected chi connectivity index (χ3v) is 6.28. The normalized spacial score (nSPS) is 14.5. The third kappa shape index (κ3) is 18.5. The van der Waals surface area contributed by atoms with Crippen molar-refractivity contribution in [1.82, 2.24) is 24.8 Å². The number of carbonyl (C=O) groups excluding carboxylic acids is 1. The highest BCUT2D eigenvalue weighted by molar-refractivity contribution is 5.76. The first-order chi connectivity index (χ1) is 18.0. The Hall–Kier alpha value is -1.51. The van der Waals surface area contributed by atoms with Crippen molar-refractivity contribution in [1.29, 1.82) is 0 Å². The predicted octanol–water partition coefficient (Wildman–Crippen LogP) is 6.03. The van der Waals surface area contributed by atoms with Crippen LogP contribution in [0.15, 0.2) is 6.20 Å². The Morgan fingerprint density at radius 3 is 1.97 bits per heavy atom. The molecular weight excluding hydrogens is 490 g/mol. The lowest BCUT2D eigenvalue weighted by atomic mass is 9.93. The topological polar surface area (TPSA) is 83.7 Å². The molecule has 2 heterocycles. The number of aromatic nitrogens is 3. The fourth-order valence-corrected chi connectivity index (χ4v) is 3.72. The van der Waals surface area contributed by atoms with Crippen LogP contribution in [0.25, 0.3) is 0 Å². The molecule has 0 atom stereocenters. The highest BCUT2D eigenvalue weighted by Crippen LogP contribution is 2.23. The van der Waals surface area contributed by atoms with Gasteiger partial charge < -0.3 is 19.6 Å². The van der Waals surface area contributed by atoms with Crippen LogP contribution in [0.3, 0.4) is 0 Å². The van der Waals surface area contributed by atoms with Gasteiger partial charge in [-0.2, -0.15) is 0 Å². The summed E-state index contributed by atoms with van der Waals surface area (Å²) >= 11 is 0. The first kappa shape index (κ1) is 39.6. The van der Waals surface area contributed by atoms with Gasteiger partial charge in [0.25, 0.3) is 0 Å². The lowest BCUT2D eigenvalue weighted by molar-refractivity contribution is -0.133. The van der Waals surface area contributed by atoms with Gasteiger partial charge in [0.1, 0.15) is 0 Å². The number of nitrogens with zero attached hydrogens (tertiary/aromatic N) is 5. The Bertz CT molecular complexity index is 746. The fraction of sp³-hybridized carbons (Fsp3) is 0.903. The van der Waals surface area contributed by atoms with E-state index >= 15 is 0 Å².